The van der Waals surface area contributed by atoms with Crippen molar-refractivity contribution in [3.05, 3.63) is 33.8 Å². The molecule has 2 aliphatic rings. The van der Waals surface area contributed by atoms with E-state index >= 15 is 0 Å². The predicted octanol–water partition coefficient (Wildman–Crippen LogP) is 5.02. The van der Waals surface area contributed by atoms with E-state index in [2.05, 4.69) is 4.90 Å². The first kappa shape index (κ1) is 24.0. The van der Waals surface area contributed by atoms with Crippen LogP contribution in [0.1, 0.15) is 68.6 Å². The molecule has 1 heterocycles. The molecule has 0 radical (unpaired) electrons. The molecule has 5 nitrogen and oxygen atoms in total. The number of ketones is 1. The summed E-state index contributed by atoms with van der Waals surface area (Å²) in [7, 11) is -3.16. The molecule has 30 heavy (non-hydrogen) atoms. The molecule has 8 heteroatoms. The van der Waals surface area contributed by atoms with E-state index in [0.29, 0.717) is 41.5 Å². The standard InChI is InChI=1S/C22H32Cl2N2O3S/c1-2-17-30(28,29)26-15-13-25(14-16-26)22(10-4-3-5-11-22)12-9-20(27)21-18(23)7-6-8-19(21)24/h6-8H,2-5,9-17H2,1H3. The summed E-state index contributed by atoms with van der Waals surface area (Å²) in [5, 5.41) is 0.805. The first-order chi connectivity index (χ1) is 14.3. The molecule has 1 aliphatic heterocycles. The number of piperazine rings is 1. The number of hydrogen-bond acceptors (Lipinski definition) is 4. The van der Waals surface area contributed by atoms with E-state index in [1.807, 2.05) is 6.92 Å². The second kappa shape index (κ2) is 10.3. The van der Waals surface area contributed by atoms with E-state index in [4.69, 9.17) is 23.2 Å². The van der Waals surface area contributed by atoms with Gasteiger partial charge in [-0.25, -0.2) is 8.42 Å². The molecule has 0 amide bonds. The topological polar surface area (TPSA) is 57.7 Å². The maximum absolute atomic E-state index is 12.9. The largest absolute Gasteiger partial charge is 0.295 e. The number of nitrogens with zero attached hydrogens (tertiary/aromatic N) is 2. The number of carbonyl (C=O) groups is 1. The Labute approximate surface area is 190 Å². The van der Waals surface area contributed by atoms with Crippen LogP contribution in [-0.2, 0) is 10.0 Å². The lowest BCUT2D eigenvalue weighted by Crippen LogP contribution is -2.58. The molecule has 0 spiro atoms. The fraction of sp³-hybridized carbons (Fsp3) is 0.682. The molecule has 1 aliphatic carbocycles. The van der Waals surface area contributed by atoms with E-state index in [0.717, 1.165) is 45.2 Å². The van der Waals surface area contributed by atoms with E-state index in [1.165, 1.54) is 6.42 Å². The SMILES string of the molecule is CCCS(=O)(=O)N1CCN(C2(CCC(=O)c3c(Cl)cccc3Cl)CCCCC2)CC1. The van der Waals surface area contributed by atoms with Gasteiger partial charge >= 0.3 is 0 Å². The second-order valence-corrected chi connectivity index (χ2v) is 11.4. The monoisotopic (exact) mass is 474 g/mol. The number of benzene rings is 1. The minimum Gasteiger partial charge on any atom is -0.295 e. The van der Waals surface area contributed by atoms with Gasteiger partial charge in [-0.1, -0.05) is 55.5 Å². The molecule has 1 aromatic carbocycles. The van der Waals surface area contributed by atoms with Crippen molar-refractivity contribution in [3.8, 4) is 0 Å². The Bertz CT molecular complexity index is 826. The highest BCUT2D eigenvalue weighted by atomic mass is 35.5. The lowest BCUT2D eigenvalue weighted by molar-refractivity contribution is 0.0165. The first-order valence-corrected chi connectivity index (χ1v) is 13.4. The Morgan fingerprint density at radius 3 is 2.20 bits per heavy atom. The molecule has 2 fully saturated rings. The lowest BCUT2D eigenvalue weighted by atomic mass is 9.76. The van der Waals surface area contributed by atoms with Gasteiger partial charge in [0.2, 0.25) is 10.0 Å². The van der Waals surface area contributed by atoms with Gasteiger partial charge in [-0.3, -0.25) is 9.69 Å². The average Bonchev–Trinajstić information content (AvgIpc) is 2.73. The number of carbonyl (C=O) groups excluding carboxylic acids is 1. The quantitative estimate of drug-likeness (QED) is 0.496. The van der Waals surface area contributed by atoms with Crippen molar-refractivity contribution >= 4 is 39.0 Å². The maximum atomic E-state index is 12.9. The van der Waals surface area contributed by atoms with Gasteiger partial charge in [0.1, 0.15) is 0 Å². The molecule has 3 rings (SSSR count). The Morgan fingerprint density at radius 2 is 1.63 bits per heavy atom. The van der Waals surface area contributed by atoms with E-state index in [1.54, 1.807) is 22.5 Å². The molecule has 0 atom stereocenters. The normalized spacial score (nSPS) is 20.9. The highest BCUT2D eigenvalue weighted by Gasteiger charge is 2.40. The summed E-state index contributed by atoms with van der Waals surface area (Å²) < 4.78 is 26.5. The average molecular weight is 475 g/mol. The summed E-state index contributed by atoms with van der Waals surface area (Å²) in [5.41, 5.74) is 0.379. The summed E-state index contributed by atoms with van der Waals surface area (Å²) in [6, 6.07) is 5.15. The summed E-state index contributed by atoms with van der Waals surface area (Å²) in [4.78, 5) is 15.4. The van der Waals surface area contributed by atoms with Crippen LogP contribution in [0.3, 0.4) is 0 Å². The van der Waals surface area contributed by atoms with Crippen LogP contribution in [0.25, 0.3) is 0 Å². The van der Waals surface area contributed by atoms with Crippen LogP contribution < -0.4 is 0 Å². The van der Waals surface area contributed by atoms with Crippen LogP contribution in [0.4, 0.5) is 0 Å². The van der Waals surface area contributed by atoms with E-state index < -0.39 is 10.0 Å². The molecule has 1 saturated heterocycles. The zero-order valence-corrected chi connectivity index (χ0v) is 20.0. The first-order valence-electron chi connectivity index (χ1n) is 11.0. The second-order valence-electron chi connectivity index (χ2n) is 8.51. The van der Waals surface area contributed by atoms with E-state index in [9.17, 15) is 13.2 Å². The lowest BCUT2D eigenvalue weighted by Gasteiger charge is -2.50. The summed E-state index contributed by atoms with van der Waals surface area (Å²) in [6.45, 7) is 4.42. The van der Waals surface area contributed by atoms with Crippen molar-refractivity contribution in [2.24, 2.45) is 0 Å². The minimum absolute atomic E-state index is 0.0142. The molecule has 1 aromatic rings. The molecule has 1 saturated carbocycles. The van der Waals surface area contributed by atoms with Crippen molar-refractivity contribution in [3.63, 3.8) is 0 Å². The predicted molar refractivity (Wildman–Crippen MR) is 123 cm³/mol. The van der Waals surface area contributed by atoms with Crippen LogP contribution in [0.2, 0.25) is 10.0 Å². The molecule has 0 unspecified atom stereocenters. The number of sulfonamides is 1. The molecule has 0 N–H and O–H groups in total. The zero-order valence-electron chi connectivity index (χ0n) is 17.7. The van der Waals surface area contributed by atoms with Crippen molar-refractivity contribution in [1.82, 2.24) is 9.21 Å². The highest BCUT2D eigenvalue weighted by molar-refractivity contribution is 7.89. The van der Waals surface area contributed by atoms with Gasteiger partial charge in [0.15, 0.2) is 5.78 Å². The van der Waals surface area contributed by atoms with Crippen molar-refractivity contribution < 1.29 is 13.2 Å². The summed E-state index contributed by atoms with van der Waals surface area (Å²) in [5.74, 6) is 0.199. The van der Waals surface area contributed by atoms with Crippen LogP contribution in [-0.4, -0.2) is 60.9 Å². The molecular weight excluding hydrogens is 443 g/mol. The molecule has 0 aromatic heterocycles. The van der Waals surface area contributed by atoms with Gasteiger partial charge in [-0.05, 0) is 37.8 Å². The Hall–Kier alpha value is -0.660. The third-order valence-corrected chi connectivity index (χ3v) is 9.31. The van der Waals surface area contributed by atoms with Gasteiger partial charge in [0.05, 0.1) is 21.4 Å². The number of hydrogen-bond donors (Lipinski definition) is 0. The molecule has 168 valence electrons. The molecular formula is C22H32Cl2N2O3S. The van der Waals surface area contributed by atoms with Crippen LogP contribution in [0, 0.1) is 0 Å². The van der Waals surface area contributed by atoms with E-state index in [-0.39, 0.29) is 17.1 Å². The molecule has 0 bridgehead atoms. The smallest absolute Gasteiger partial charge is 0.214 e. The fourth-order valence-electron chi connectivity index (χ4n) is 5.00. The Balaban J connectivity index is 1.69. The fourth-order valence-corrected chi connectivity index (χ4v) is 7.10. The maximum Gasteiger partial charge on any atom is 0.214 e. The van der Waals surface area contributed by atoms with Crippen molar-refractivity contribution in [2.45, 2.75) is 63.8 Å². The minimum atomic E-state index is -3.16. The third kappa shape index (κ3) is 5.39. The van der Waals surface area contributed by atoms with Gasteiger partial charge in [-0.2, -0.15) is 4.31 Å². The Morgan fingerprint density at radius 1 is 1.03 bits per heavy atom. The van der Waals surface area contributed by atoms with Gasteiger partial charge in [0, 0.05) is 38.1 Å². The van der Waals surface area contributed by atoms with Crippen molar-refractivity contribution in [2.75, 3.05) is 31.9 Å². The van der Waals surface area contributed by atoms with Gasteiger partial charge < -0.3 is 0 Å². The number of Topliss-reactive ketones (excluding diaryl/α,β-unsaturated/α-hetero) is 1. The van der Waals surface area contributed by atoms with Crippen LogP contribution >= 0.6 is 23.2 Å². The van der Waals surface area contributed by atoms with Gasteiger partial charge in [0.25, 0.3) is 0 Å². The third-order valence-electron chi connectivity index (χ3n) is 6.61. The van der Waals surface area contributed by atoms with Crippen LogP contribution in [0.15, 0.2) is 18.2 Å². The highest BCUT2D eigenvalue weighted by Crippen LogP contribution is 2.39. The summed E-state index contributed by atoms with van der Waals surface area (Å²) in [6.07, 6.45) is 7.42. The number of rotatable bonds is 8. The zero-order chi connectivity index (χ0) is 21.8. The Kier molecular flexibility index (Phi) is 8.24. The summed E-state index contributed by atoms with van der Waals surface area (Å²) >= 11 is 12.5. The van der Waals surface area contributed by atoms with Crippen molar-refractivity contribution in [1.29, 1.82) is 0 Å². The number of halogens is 2. The van der Waals surface area contributed by atoms with Gasteiger partial charge in [-0.15, -0.1) is 0 Å². The van der Waals surface area contributed by atoms with Crippen LogP contribution in [0.5, 0.6) is 0 Å².